The summed E-state index contributed by atoms with van der Waals surface area (Å²) in [4.78, 5) is 0. The standard InChI is InChI=1S/C11H16N2O/c14-8-9-2-1-3-10(6-9)13-11-4-5-12-7-11/h1-3,6,11-14H,4-5,7-8H2. The average molecular weight is 192 g/mol. The van der Waals surface area contributed by atoms with Crippen molar-refractivity contribution in [2.24, 2.45) is 0 Å². The third kappa shape index (κ3) is 2.25. The highest BCUT2D eigenvalue weighted by Gasteiger charge is 2.13. The van der Waals surface area contributed by atoms with Crippen LogP contribution in [0.15, 0.2) is 24.3 Å². The fourth-order valence-corrected chi connectivity index (χ4v) is 1.77. The monoisotopic (exact) mass is 192 g/mol. The van der Waals surface area contributed by atoms with E-state index in [4.69, 9.17) is 5.11 Å². The Bertz CT molecular complexity index is 295. The fraction of sp³-hybridized carbons (Fsp3) is 0.455. The van der Waals surface area contributed by atoms with Crippen molar-refractivity contribution in [3.8, 4) is 0 Å². The maximum atomic E-state index is 8.98. The van der Waals surface area contributed by atoms with E-state index >= 15 is 0 Å². The van der Waals surface area contributed by atoms with E-state index in [1.807, 2.05) is 24.3 Å². The summed E-state index contributed by atoms with van der Waals surface area (Å²) in [7, 11) is 0. The second-order valence-corrected chi connectivity index (χ2v) is 3.69. The van der Waals surface area contributed by atoms with Crippen LogP contribution < -0.4 is 10.6 Å². The van der Waals surface area contributed by atoms with E-state index in [1.165, 1.54) is 6.42 Å². The van der Waals surface area contributed by atoms with Crippen LogP contribution in [0.5, 0.6) is 0 Å². The van der Waals surface area contributed by atoms with Gasteiger partial charge in [0, 0.05) is 18.3 Å². The molecule has 76 valence electrons. The number of anilines is 1. The number of benzene rings is 1. The fourth-order valence-electron chi connectivity index (χ4n) is 1.77. The molecule has 1 aromatic carbocycles. The summed E-state index contributed by atoms with van der Waals surface area (Å²) in [5.74, 6) is 0. The van der Waals surface area contributed by atoms with Crippen molar-refractivity contribution in [1.29, 1.82) is 0 Å². The van der Waals surface area contributed by atoms with Crippen molar-refractivity contribution in [3.05, 3.63) is 29.8 Å². The molecule has 1 unspecified atom stereocenters. The van der Waals surface area contributed by atoms with Gasteiger partial charge in [0.2, 0.25) is 0 Å². The van der Waals surface area contributed by atoms with Crippen LogP contribution in [0, 0.1) is 0 Å². The average Bonchev–Trinajstić information content (AvgIpc) is 2.71. The van der Waals surface area contributed by atoms with Crippen molar-refractivity contribution in [1.82, 2.24) is 5.32 Å². The van der Waals surface area contributed by atoms with Crippen molar-refractivity contribution in [2.75, 3.05) is 18.4 Å². The Morgan fingerprint density at radius 3 is 3.14 bits per heavy atom. The van der Waals surface area contributed by atoms with Crippen LogP contribution in [0.1, 0.15) is 12.0 Å². The third-order valence-electron chi connectivity index (χ3n) is 2.54. The predicted molar refractivity (Wildman–Crippen MR) is 57.3 cm³/mol. The van der Waals surface area contributed by atoms with Gasteiger partial charge in [-0.3, -0.25) is 0 Å². The van der Waals surface area contributed by atoms with Gasteiger partial charge in [-0.1, -0.05) is 12.1 Å². The summed E-state index contributed by atoms with van der Waals surface area (Å²) < 4.78 is 0. The Hall–Kier alpha value is -1.06. The van der Waals surface area contributed by atoms with Gasteiger partial charge in [-0.25, -0.2) is 0 Å². The Morgan fingerprint density at radius 2 is 2.43 bits per heavy atom. The summed E-state index contributed by atoms with van der Waals surface area (Å²) in [6.45, 7) is 2.24. The number of rotatable bonds is 3. The van der Waals surface area contributed by atoms with E-state index in [0.717, 1.165) is 24.3 Å². The van der Waals surface area contributed by atoms with Crippen LogP contribution in [-0.4, -0.2) is 24.2 Å². The number of hydrogen-bond acceptors (Lipinski definition) is 3. The van der Waals surface area contributed by atoms with Crippen LogP contribution in [-0.2, 0) is 6.61 Å². The molecule has 3 N–H and O–H groups in total. The van der Waals surface area contributed by atoms with Gasteiger partial charge in [0.15, 0.2) is 0 Å². The molecule has 0 bridgehead atoms. The quantitative estimate of drug-likeness (QED) is 0.668. The van der Waals surface area contributed by atoms with E-state index in [0.29, 0.717) is 6.04 Å². The molecule has 0 aromatic heterocycles. The third-order valence-corrected chi connectivity index (χ3v) is 2.54. The SMILES string of the molecule is OCc1cccc(NC2CCNC2)c1. The Labute approximate surface area is 84.1 Å². The first-order valence-electron chi connectivity index (χ1n) is 5.05. The van der Waals surface area contributed by atoms with Gasteiger partial charge in [0.25, 0.3) is 0 Å². The van der Waals surface area contributed by atoms with Gasteiger partial charge < -0.3 is 15.7 Å². The van der Waals surface area contributed by atoms with Crippen molar-refractivity contribution in [3.63, 3.8) is 0 Å². The van der Waals surface area contributed by atoms with Gasteiger partial charge in [-0.05, 0) is 30.7 Å². The lowest BCUT2D eigenvalue weighted by Crippen LogP contribution is -2.22. The minimum atomic E-state index is 0.110. The number of aliphatic hydroxyl groups is 1. The molecule has 14 heavy (non-hydrogen) atoms. The van der Waals surface area contributed by atoms with Crippen LogP contribution >= 0.6 is 0 Å². The molecule has 0 amide bonds. The maximum Gasteiger partial charge on any atom is 0.0682 e. The lowest BCUT2D eigenvalue weighted by Gasteiger charge is -2.13. The molecule has 1 aliphatic heterocycles. The molecule has 0 radical (unpaired) electrons. The summed E-state index contributed by atoms with van der Waals surface area (Å²) >= 11 is 0. The van der Waals surface area contributed by atoms with Gasteiger partial charge in [0.05, 0.1) is 6.61 Å². The molecule has 3 heteroatoms. The molecule has 1 heterocycles. The first-order chi connectivity index (χ1) is 6.88. The lowest BCUT2D eigenvalue weighted by molar-refractivity contribution is 0.282. The molecule has 0 aliphatic carbocycles. The number of aliphatic hydroxyl groups excluding tert-OH is 1. The second kappa shape index (κ2) is 4.44. The van der Waals surface area contributed by atoms with Gasteiger partial charge in [-0.2, -0.15) is 0 Å². The first kappa shape index (κ1) is 9.49. The molecule has 0 spiro atoms. The number of nitrogens with one attached hydrogen (secondary N) is 2. The molecular weight excluding hydrogens is 176 g/mol. The largest absolute Gasteiger partial charge is 0.392 e. The molecule has 0 saturated carbocycles. The Balaban J connectivity index is 2.00. The Morgan fingerprint density at radius 1 is 1.50 bits per heavy atom. The van der Waals surface area contributed by atoms with Crippen LogP contribution in [0.3, 0.4) is 0 Å². The number of hydrogen-bond donors (Lipinski definition) is 3. The normalized spacial score (nSPS) is 21.1. The highest BCUT2D eigenvalue weighted by Crippen LogP contribution is 2.13. The second-order valence-electron chi connectivity index (χ2n) is 3.69. The molecule has 1 aromatic rings. The van der Waals surface area contributed by atoms with Crippen molar-refractivity contribution in [2.45, 2.75) is 19.1 Å². The van der Waals surface area contributed by atoms with Gasteiger partial charge in [0.1, 0.15) is 0 Å². The zero-order chi connectivity index (χ0) is 9.80. The van der Waals surface area contributed by atoms with E-state index in [1.54, 1.807) is 0 Å². The van der Waals surface area contributed by atoms with E-state index in [2.05, 4.69) is 10.6 Å². The summed E-state index contributed by atoms with van der Waals surface area (Å²) in [5.41, 5.74) is 2.06. The molecule has 1 atom stereocenters. The smallest absolute Gasteiger partial charge is 0.0682 e. The summed E-state index contributed by atoms with van der Waals surface area (Å²) in [6, 6.07) is 8.47. The maximum absolute atomic E-state index is 8.98. The minimum absolute atomic E-state index is 0.110. The molecule has 1 saturated heterocycles. The zero-order valence-corrected chi connectivity index (χ0v) is 8.16. The minimum Gasteiger partial charge on any atom is -0.392 e. The van der Waals surface area contributed by atoms with Crippen LogP contribution in [0.25, 0.3) is 0 Å². The van der Waals surface area contributed by atoms with Crippen molar-refractivity contribution >= 4 is 5.69 Å². The summed E-state index contributed by atoms with van der Waals surface area (Å²) in [6.07, 6.45) is 1.17. The predicted octanol–water partition coefficient (Wildman–Crippen LogP) is 0.953. The lowest BCUT2D eigenvalue weighted by atomic mass is 10.2. The Kier molecular flexibility index (Phi) is 3.01. The highest BCUT2D eigenvalue weighted by atomic mass is 16.3. The van der Waals surface area contributed by atoms with E-state index in [9.17, 15) is 0 Å². The topological polar surface area (TPSA) is 44.3 Å². The molecule has 1 fully saturated rings. The molecule has 1 aliphatic rings. The van der Waals surface area contributed by atoms with Crippen LogP contribution in [0.4, 0.5) is 5.69 Å². The molecule has 2 rings (SSSR count). The van der Waals surface area contributed by atoms with Crippen molar-refractivity contribution < 1.29 is 5.11 Å². The van der Waals surface area contributed by atoms with E-state index in [-0.39, 0.29) is 6.61 Å². The van der Waals surface area contributed by atoms with Crippen LogP contribution in [0.2, 0.25) is 0 Å². The molecular formula is C11H16N2O. The molecule has 3 nitrogen and oxygen atoms in total. The zero-order valence-electron chi connectivity index (χ0n) is 8.16. The summed E-state index contributed by atoms with van der Waals surface area (Å²) in [5, 5.41) is 15.7. The van der Waals surface area contributed by atoms with E-state index < -0.39 is 0 Å². The van der Waals surface area contributed by atoms with Gasteiger partial charge >= 0.3 is 0 Å². The highest BCUT2D eigenvalue weighted by molar-refractivity contribution is 5.46. The van der Waals surface area contributed by atoms with Gasteiger partial charge in [-0.15, -0.1) is 0 Å². The first-order valence-corrected chi connectivity index (χ1v) is 5.05.